The predicted octanol–water partition coefficient (Wildman–Crippen LogP) is 4.38. The number of nitrogens with one attached hydrogen (secondary N) is 1. The Balaban J connectivity index is 1.91. The Kier molecular flexibility index (Phi) is 4.67. The minimum atomic E-state index is 0.213. The van der Waals surface area contributed by atoms with Crippen LogP contribution in [0.15, 0.2) is 30.3 Å². The van der Waals surface area contributed by atoms with E-state index in [4.69, 9.17) is 0 Å². The number of hydrogen-bond acceptors (Lipinski definition) is 1. The van der Waals surface area contributed by atoms with Gasteiger partial charge >= 0.3 is 0 Å². The van der Waals surface area contributed by atoms with E-state index in [1.54, 1.807) is 0 Å². The van der Waals surface area contributed by atoms with Crippen molar-refractivity contribution in [1.29, 1.82) is 0 Å². The summed E-state index contributed by atoms with van der Waals surface area (Å²) < 4.78 is 0. The Labute approximate surface area is 118 Å². The van der Waals surface area contributed by atoms with Gasteiger partial charge in [-0.2, -0.15) is 0 Å². The summed E-state index contributed by atoms with van der Waals surface area (Å²) in [5, 5.41) is 3.82. The molecular formula is C18H29N. The van der Waals surface area contributed by atoms with Crippen LogP contribution in [0.4, 0.5) is 0 Å². The minimum absolute atomic E-state index is 0.213. The SMILES string of the molecule is CC1CC(C)CC(NCC(C)(C)c2ccccc2)C1. The topological polar surface area (TPSA) is 12.0 Å². The van der Waals surface area contributed by atoms with Crippen LogP contribution < -0.4 is 5.32 Å². The molecule has 0 spiro atoms. The molecule has 1 nitrogen and oxygen atoms in total. The lowest BCUT2D eigenvalue weighted by atomic mass is 9.79. The monoisotopic (exact) mass is 259 g/mol. The maximum Gasteiger partial charge on any atom is 0.00724 e. The van der Waals surface area contributed by atoms with Crippen LogP contribution in [0.25, 0.3) is 0 Å². The van der Waals surface area contributed by atoms with Gasteiger partial charge in [0, 0.05) is 18.0 Å². The van der Waals surface area contributed by atoms with Gasteiger partial charge < -0.3 is 5.32 Å². The van der Waals surface area contributed by atoms with Crippen molar-refractivity contribution in [2.45, 2.75) is 58.4 Å². The van der Waals surface area contributed by atoms with Crippen molar-refractivity contribution < 1.29 is 0 Å². The molecule has 2 atom stereocenters. The molecule has 106 valence electrons. The third kappa shape index (κ3) is 4.07. The average molecular weight is 259 g/mol. The second kappa shape index (κ2) is 6.09. The van der Waals surface area contributed by atoms with Crippen LogP contribution in [0.2, 0.25) is 0 Å². The highest BCUT2D eigenvalue weighted by Gasteiger charge is 2.26. The minimum Gasteiger partial charge on any atom is -0.313 e. The highest BCUT2D eigenvalue weighted by atomic mass is 14.9. The maximum absolute atomic E-state index is 3.82. The summed E-state index contributed by atoms with van der Waals surface area (Å²) in [5.74, 6) is 1.75. The molecule has 1 N–H and O–H groups in total. The summed E-state index contributed by atoms with van der Waals surface area (Å²) in [7, 11) is 0. The van der Waals surface area contributed by atoms with E-state index in [-0.39, 0.29) is 5.41 Å². The normalized spacial score (nSPS) is 28.3. The molecule has 1 aliphatic carbocycles. The number of rotatable bonds is 4. The molecule has 0 amide bonds. The number of hydrogen-bond donors (Lipinski definition) is 1. The van der Waals surface area contributed by atoms with Crippen LogP contribution in [-0.2, 0) is 5.41 Å². The van der Waals surface area contributed by atoms with Gasteiger partial charge in [-0.1, -0.05) is 58.0 Å². The van der Waals surface area contributed by atoms with Gasteiger partial charge in [-0.05, 0) is 36.7 Å². The Morgan fingerprint density at radius 2 is 1.58 bits per heavy atom. The van der Waals surface area contributed by atoms with E-state index in [0.29, 0.717) is 6.04 Å². The molecule has 0 saturated heterocycles. The van der Waals surface area contributed by atoms with Gasteiger partial charge in [-0.3, -0.25) is 0 Å². The molecule has 1 fully saturated rings. The van der Waals surface area contributed by atoms with Crippen LogP contribution in [0.5, 0.6) is 0 Å². The average Bonchev–Trinajstić information content (AvgIpc) is 2.37. The summed E-state index contributed by atoms with van der Waals surface area (Å²) in [4.78, 5) is 0. The predicted molar refractivity (Wildman–Crippen MR) is 83.4 cm³/mol. The second-order valence-corrected chi connectivity index (χ2v) is 7.25. The lowest BCUT2D eigenvalue weighted by Crippen LogP contribution is -2.42. The van der Waals surface area contributed by atoms with Gasteiger partial charge in [-0.25, -0.2) is 0 Å². The summed E-state index contributed by atoms with van der Waals surface area (Å²) in [5.41, 5.74) is 1.64. The Morgan fingerprint density at radius 3 is 2.16 bits per heavy atom. The van der Waals surface area contributed by atoms with E-state index < -0.39 is 0 Å². The molecule has 2 rings (SSSR count). The molecule has 0 radical (unpaired) electrons. The lowest BCUT2D eigenvalue weighted by molar-refractivity contribution is 0.230. The summed E-state index contributed by atoms with van der Waals surface area (Å²) in [6.45, 7) is 10.5. The van der Waals surface area contributed by atoms with Gasteiger partial charge in [0.15, 0.2) is 0 Å². The smallest absolute Gasteiger partial charge is 0.00724 e. The fourth-order valence-corrected chi connectivity index (χ4v) is 3.50. The number of benzene rings is 1. The van der Waals surface area contributed by atoms with E-state index in [2.05, 4.69) is 63.3 Å². The third-order valence-electron chi connectivity index (χ3n) is 4.57. The zero-order valence-corrected chi connectivity index (χ0v) is 12.9. The standard InChI is InChI=1S/C18H29N/c1-14-10-15(2)12-17(11-14)19-13-18(3,4)16-8-6-5-7-9-16/h5-9,14-15,17,19H,10-13H2,1-4H3. The largest absolute Gasteiger partial charge is 0.313 e. The van der Waals surface area contributed by atoms with Crippen molar-refractivity contribution in [3.8, 4) is 0 Å². The molecule has 0 bridgehead atoms. The van der Waals surface area contributed by atoms with E-state index in [9.17, 15) is 0 Å². The molecule has 1 aromatic carbocycles. The van der Waals surface area contributed by atoms with E-state index >= 15 is 0 Å². The first kappa shape index (κ1) is 14.6. The van der Waals surface area contributed by atoms with Gasteiger partial charge in [0.1, 0.15) is 0 Å². The molecular weight excluding hydrogens is 230 g/mol. The lowest BCUT2D eigenvalue weighted by Gasteiger charge is -2.35. The molecule has 1 heteroatoms. The van der Waals surface area contributed by atoms with Crippen LogP contribution in [-0.4, -0.2) is 12.6 Å². The second-order valence-electron chi connectivity index (χ2n) is 7.25. The quantitative estimate of drug-likeness (QED) is 0.846. The molecule has 1 saturated carbocycles. The molecule has 1 aliphatic rings. The van der Waals surface area contributed by atoms with Crippen molar-refractivity contribution >= 4 is 0 Å². The summed E-state index contributed by atoms with van der Waals surface area (Å²) in [6, 6.07) is 11.6. The first-order chi connectivity index (χ1) is 8.97. The molecule has 0 aliphatic heterocycles. The molecule has 0 aromatic heterocycles. The van der Waals surface area contributed by atoms with Crippen molar-refractivity contribution in [3.63, 3.8) is 0 Å². The third-order valence-corrected chi connectivity index (χ3v) is 4.57. The van der Waals surface area contributed by atoms with Crippen molar-refractivity contribution in [1.82, 2.24) is 5.32 Å². The van der Waals surface area contributed by atoms with Crippen molar-refractivity contribution in [2.24, 2.45) is 11.8 Å². The first-order valence-electron chi connectivity index (χ1n) is 7.76. The van der Waals surface area contributed by atoms with Crippen LogP contribution in [0.3, 0.4) is 0 Å². The summed E-state index contributed by atoms with van der Waals surface area (Å²) in [6.07, 6.45) is 4.09. The first-order valence-corrected chi connectivity index (χ1v) is 7.76. The maximum atomic E-state index is 3.82. The molecule has 0 heterocycles. The van der Waals surface area contributed by atoms with Gasteiger partial charge in [0.25, 0.3) is 0 Å². The van der Waals surface area contributed by atoms with E-state index in [1.165, 1.54) is 24.8 Å². The van der Waals surface area contributed by atoms with E-state index in [1.807, 2.05) is 0 Å². The molecule has 19 heavy (non-hydrogen) atoms. The van der Waals surface area contributed by atoms with Crippen LogP contribution >= 0.6 is 0 Å². The van der Waals surface area contributed by atoms with Crippen LogP contribution in [0, 0.1) is 11.8 Å². The van der Waals surface area contributed by atoms with E-state index in [0.717, 1.165) is 18.4 Å². The van der Waals surface area contributed by atoms with Crippen molar-refractivity contribution in [2.75, 3.05) is 6.54 Å². The highest BCUT2D eigenvalue weighted by Crippen LogP contribution is 2.29. The Morgan fingerprint density at radius 1 is 1.00 bits per heavy atom. The van der Waals surface area contributed by atoms with Gasteiger partial charge in [0.05, 0.1) is 0 Å². The molecule has 2 unspecified atom stereocenters. The zero-order valence-electron chi connectivity index (χ0n) is 12.9. The van der Waals surface area contributed by atoms with Gasteiger partial charge in [-0.15, -0.1) is 0 Å². The Bertz CT molecular complexity index is 372. The van der Waals surface area contributed by atoms with Gasteiger partial charge in [0.2, 0.25) is 0 Å². The molecule has 1 aromatic rings. The fourth-order valence-electron chi connectivity index (χ4n) is 3.50. The van der Waals surface area contributed by atoms with Crippen LogP contribution in [0.1, 0.15) is 52.5 Å². The fraction of sp³-hybridized carbons (Fsp3) is 0.667. The summed E-state index contributed by atoms with van der Waals surface area (Å²) >= 11 is 0. The van der Waals surface area contributed by atoms with Crippen molar-refractivity contribution in [3.05, 3.63) is 35.9 Å². The highest BCUT2D eigenvalue weighted by molar-refractivity contribution is 5.23. The zero-order chi connectivity index (χ0) is 13.9. The Hall–Kier alpha value is -0.820.